The Morgan fingerprint density at radius 3 is 2.52 bits per heavy atom. The second-order valence-electron chi connectivity index (χ2n) is 7.16. The highest BCUT2D eigenvalue weighted by atomic mass is 16.6. The van der Waals surface area contributed by atoms with Crippen LogP contribution >= 0.6 is 0 Å². The summed E-state index contributed by atoms with van der Waals surface area (Å²) >= 11 is 0. The minimum Gasteiger partial charge on any atom is -0.865 e. The first-order chi connectivity index (χ1) is 15.0. The van der Waals surface area contributed by atoms with Crippen LogP contribution in [-0.2, 0) is 6.42 Å². The van der Waals surface area contributed by atoms with E-state index in [1.54, 1.807) is 29.2 Å². The highest BCUT2D eigenvalue weighted by Crippen LogP contribution is 2.40. The molecule has 0 unspecified atom stereocenters. The molecule has 1 atom stereocenters. The summed E-state index contributed by atoms with van der Waals surface area (Å²) < 4.78 is 5.08. The number of para-hydroxylation sites is 1. The van der Waals surface area contributed by atoms with Crippen molar-refractivity contribution in [2.24, 2.45) is 0 Å². The Morgan fingerprint density at radius 2 is 1.81 bits per heavy atom. The van der Waals surface area contributed by atoms with Crippen LogP contribution in [0.4, 0.5) is 11.4 Å². The van der Waals surface area contributed by atoms with Crippen LogP contribution in [0.5, 0.6) is 11.5 Å². The number of rotatable bonds is 6. The Bertz CT molecular complexity index is 1130. The van der Waals surface area contributed by atoms with E-state index in [-0.39, 0.29) is 11.7 Å². The van der Waals surface area contributed by atoms with Gasteiger partial charge in [-0.1, -0.05) is 42.5 Å². The van der Waals surface area contributed by atoms with Gasteiger partial charge in [0.05, 0.1) is 17.6 Å². The van der Waals surface area contributed by atoms with Crippen molar-refractivity contribution in [2.75, 3.05) is 19.0 Å². The first-order valence-corrected chi connectivity index (χ1v) is 9.73. The number of nitrogens with one attached hydrogen (secondary N) is 1. The molecule has 0 radical (unpaired) electrons. The van der Waals surface area contributed by atoms with E-state index >= 15 is 0 Å². The van der Waals surface area contributed by atoms with Gasteiger partial charge in [-0.3, -0.25) is 14.9 Å². The molecule has 3 aromatic rings. The molecule has 0 bridgehead atoms. The molecule has 4 rings (SSSR count). The summed E-state index contributed by atoms with van der Waals surface area (Å²) in [4.78, 5) is 25.6. The maximum absolute atomic E-state index is 13.3. The van der Waals surface area contributed by atoms with Crippen molar-refractivity contribution < 1.29 is 19.6 Å². The maximum atomic E-state index is 13.3. The van der Waals surface area contributed by atoms with E-state index in [1.807, 2.05) is 30.3 Å². The van der Waals surface area contributed by atoms with Gasteiger partial charge in [-0.15, -0.1) is 0 Å². The van der Waals surface area contributed by atoms with E-state index in [4.69, 9.17) is 4.74 Å². The predicted molar refractivity (Wildman–Crippen MR) is 113 cm³/mol. The van der Waals surface area contributed by atoms with Crippen molar-refractivity contribution in [3.05, 3.63) is 93.5 Å². The third-order valence-corrected chi connectivity index (χ3v) is 5.30. The second kappa shape index (κ2) is 8.35. The van der Waals surface area contributed by atoms with Crippen LogP contribution < -0.4 is 15.2 Å². The quantitative estimate of drug-likeness (QED) is 0.485. The summed E-state index contributed by atoms with van der Waals surface area (Å²) in [6.45, 7) is 0.379. The molecule has 1 aliphatic rings. The van der Waals surface area contributed by atoms with E-state index < -0.39 is 22.5 Å². The fourth-order valence-electron chi connectivity index (χ4n) is 3.73. The van der Waals surface area contributed by atoms with Crippen LogP contribution in [0.3, 0.4) is 0 Å². The molecule has 158 valence electrons. The van der Waals surface area contributed by atoms with Crippen molar-refractivity contribution in [2.45, 2.75) is 12.6 Å². The van der Waals surface area contributed by atoms with Crippen LogP contribution in [0.25, 0.3) is 0 Å². The van der Waals surface area contributed by atoms with Gasteiger partial charge >= 0.3 is 0 Å². The molecule has 8 heteroatoms. The number of ether oxygens (including phenoxy) is 1. The van der Waals surface area contributed by atoms with Gasteiger partial charge in [0.2, 0.25) is 0 Å². The second-order valence-corrected chi connectivity index (χ2v) is 7.16. The first-order valence-electron chi connectivity index (χ1n) is 9.73. The number of anilines is 1. The lowest BCUT2D eigenvalue weighted by molar-refractivity contribution is -0.398. The molecule has 0 aromatic heterocycles. The third kappa shape index (κ3) is 3.87. The molecular weight excluding hydrogens is 398 g/mol. The van der Waals surface area contributed by atoms with Crippen molar-refractivity contribution >= 4 is 17.3 Å². The third-order valence-electron chi connectivity index (χ3n) is 5.30. The van der Waals surface area contributed by atoms with Gasteiger partial charge in [0, 0.05) is 29.6 Å². The number of fused-ring (bicyclic) bond motifs is 1. The Balaban J connectivity index is 1.77. The summed E-state index contributed by atoms with van der Waals surface area (Å²) in [5.74, 6) is -1.13. The number of benzene rings is 3. The Morgan fingerprint density at radius 1 is 1.10 bits per heavy atom. The minimum absolute atomic E-state index is 0.139. The number of nitrogens with zero attached hydrogens (tertiary/aromatic N) is 2. The van der Waals surface area contributed by atoms with Crippen LogP contribution in [0, 0.1) is 10.1 Å². The van der Waals surface area contributed by atoms with Gasteiger partial charge in [0.1, 0.15) is 11.9 Å². The number of amides is 1. The van der Waals surface area contributed by atoms with E-state index in [1.165, 1.54) is 19.2 Å². The number of hydrogen-bond donors (Lipinski definition) is 1. The number of methoxy groups -OCH3 is 1. The van der Waals surface area contributed by atoms with Gasteiger partial charge in [-0.2, -0.15) is 0 Å². The van der Waals surface area contributed by atoms with E-state index in [9.17, 15) is 20.0 Å². The monoisotopic (exact) mass is 418 g/mol. The number of nitro groups is 1. The molecule has 0 saturated carbocycles. The fourth-order valence-corrected chi connectivity index (χ4v) is 3.73. The molecule has 1 heterocycles. The normalized spacial score (nSPS) is 15.2. The smallest absolute Gasteiger partial charge is 0.265 e. The van der Waals surface area contributed by atoms with Crippen LogP contribution in [0.1, 0.15) is 27.7 Å². The maximum Gasteiger partial charge on any atom is 0.265 e. The molecular formula is C23H20N3O5-. The molecule has 1 aliphatic heterocycles. The van der Waals surface area contributed by atoms with Crippen molar-refractivity contribution in [3.63, 3.8) is 0 Å². The largest absolute Gasteiger partial charge is 0.865 e. The van der Waals surface area contributed by atoms with E-state index in [0.29, 0.717) is 29.8 Å². The van der Waals surface area contributed by atoms with Crippen molar-refractivity contribution in [1.29, 1.82) is 0 Å². The molecule has 31 heavy (non-hydrogen) atoms. The lowest BCUT2D eigenvalue weighted by Crippen LogP contribution is -2.44. The van der Waals surface area contributed by atoms with Gasteiger partial charge < -0.3 is 20.1 Å². The topological polar surface area (TPSA) is 108 Å². The lowest BCUT2D eigenvalue weighted by atomic mass is 10.0. The highest BCUT2D eigenvalue weighted by Gasteiger charge is 2.33. The molecule has 3 aromatic carbocycles. The van der Waals surface area contributed by atoms with Gasteiger partial charge in [0.25, 0.3) is 11.6 Å². The summed E-state index contributed by atoms with van der Waals surface area (Å²) in [6, 6.07) is 19.5. The SMILES string of the molecule is COc1cc([C@H]2Nc3ccccc3C(=O)N2CCc2ccccc2)cc([N+](=O)[O-])c1[O-]. The van der Waals surface area contributed by atoms with Crippen LogP contribution in [0.2, 0.25) is 0 Å². The summed E-state index contributed by atoms with van der Waals surface area (Å²) in [6.07, 6.45) is -0.0921. The Labute approximate surface area is 178 Å². The van der Waals surface area contributed by atoms with E-state index in [2.05, 4.69) is 5.32 Å². The van der Waals surface area contributed by atoms with Crippen LogP contribution in [0.15, 0.2) is 66.7 Å². The minimum atomic E-state index is -0.797. The zero-order valence-electron chi connectivity index (χ0n) is 16.8. The Kier molecular flexibility index (Phi) is 5.44. The van der Waals surface area contributed by atoms with Gasteiger partial charge in [0.15, 0.2) is 0 Å². The van der Waals surface area contributed by atoms with Gasteiger partial charge in [-0.05, 0) is 30.2 Å². The van der Waals surface area contributed by atoms with Crippen LogP contribution in [-0.4, -0.2) is 29.4 Å². The van der Waals surface area contributed by atoms with Gasteiger partial charge in [-0.25, -0.2) is 0 Å². The highest BCUT2D eigenvalue weighted by molar-refractivity contribution is 6.01. The number of carbonyl (C=O) groups excluding carboxylic acids is 1. The molecule has 1 amide bonds. The molecule has 0 saturated heterocycles. The first kappa shape index (κ1) is 20.2. The van der Waals surface area contributed by atoms with Crippen molar-refractivity contribution in [3.8, 4) is 11.5 Å². The number of hydrogen-bond acceptors (Lipinski definition) is 6. The summed E-state index contributed by atoms with van der Waals surface area (Å²) in [5.41, 5.74) is 2.02. The summed E-state index contributed by atoms with van der Waals surface area (Å²) in [7, 11) is 1.28. The Hall–Kier alpha value is -4.07. The average molecular weight is 418 g/mol. The molecule has 0 fully saturated rings. The lowest BCUT2D eigenvalue weighted by Gasteiger charge is -2.38. The van der Waals surface area contributed by atoms with Crippen molar-refractivity contribution in [1.82, 2.24) is 4.90 Å². The number of nitro benzene ring substituents is 1. The number of carbonyl (C=O) groups is 1. The molecule has 0 aliphatic carbocycles. The zero-order chi connectivity index (χ0) is 22.0. The van der Waals surface area contributed by atoms with E-state index in [0.717, 1.165) is 5.56 Å². The fraction of sp³-hybridized carbons (Fsp3) is 0.174. The molecule has 0 spiro atoms. The summed E-state index contributed by atoms with van der Waals surface area (Å²) in [5, 5.41) is 27.0. The molecule has 1 N–H and O–H groups in total. The predicted octanol–water partition coefficient (Wildman–Crippen LogP) is 3.49. The average Bonchev–Trinajstić information content (AvgIpc) is 2.79. The zero-order valence-corrected chi connectivity index (χ0v) is 16.8. The molecule has 8 nitrogen and oxygen atoms in total. The standard InChI is InChI=1S/C23H21N3O5/c1-31-20-14-16(13-19(21(20)27)26(29)30)22-24-18-10-6-5-9-17(18)23(28)25(22)12-11-15-7-3-2-4-8-15/h2-10,13-14,22,24,27H,11-12H2,1H3/p-1/t22-/m0/s1.